The smallest absolute Gasteiger partial charge is 0.139 e. The third-order valence-electron chi connectivity index (χ3n) is 9.01. The van der Waals surface area contributed by atoms with Gasteiger partial charge in [-0.3, -0.25) is 9.98 Å². The molecule has 8 nitrogen and oxygen atoms in total. The van der Waals surface area contributed by atoms with Crippen molar-refractivity contribution in [3.63, 3.8) is 0 Å². The van der Waals surface area contributed by atoms with Crippen LogP contribution in [0.3, 0.4) is 0 Å². The van der Waals surface area contributed by atoms with Crippen molar-refractivity contribution in [2.45, 2.75) is 19.8 Å². The second kappa shape index (κ2) is 15.3. The predicted octanol–water partition coefficient (Wildman–Crippen LogP) is 9.49. The summed E-state index contributed by atoms with van der Waals surface area (Å²) in [6, 6.07) is 48.6. The van der Waals surface area contributed by atoms with E-state index in [4.69, 9.17) is 31.8 Å². The van der Waals surface area contributed by atoms with Crippen LogP contribution in [0.15, 0.2) is 156 Å². The molecular weight excluding hydrogens is 664 g/mol. The number of benzene rings is 5. The quantitative estimate of drug-likeness (QED) is 0.116. The second-order valence-corrected chi connectivity index (χ2v) is 12.7. The highest BCUT2D eigenvalue weighted by Gasteiger charge is 2.34. The molecule has 0 radical (unpaired) electrons. The van der Waals surface area contributed by atoms with E-state index in [1.165, 1.54) is 0 Å². The molecule has 52 heavy (non-hydrogen) atoms. The number of aryl methyl sites for hydroxylation is 2. The van der Waals surface area contributed by atoms with Crippen LogP contribution in [0.5, 0.6) is 0 Å². The predicted molar refractivity (Wildman–Crippen MR) is 214 cm³/mol. The van der Waals surface area contributed by atoms with Gasteiger partial charge in [-0.1, -0.05) is 121 Å². The van der Waals surface area contributed by atoms with Gasteiger partial charge in [0.2, 0.25) is 0 Å². The molecule has 2 heterocycles. The highest BCUT2D eigenvalue weighted by atomic mass is 35.5. The molecule has 0 atom stereocenters. The fourth-order valence-corrected chi connectivity index (χ4v) is 6.71. The van der Waals surface area contributed by atoms with Crippen LogP contribution in [-0.2, 0) is 0 Å². The van der Waals surface area contributed by atoms with E-state index in [0.717, 1.165) is 62.2 Å². The molecule has 0 bridgehead atoms. The number of para-hydroxylation sites is 2. The van der Waals surface area contributed by atoms with E-state index in [1.54, 1.807) is 14.1 Å². The molecular formula is C43H39ClN8. The van der Waals surface area contributed by atoms with E-state index in [-0.39, 0.29) is 5.92 Å². The van der Waals surface area contributed by atoms with Crippen LogP contribution in [-0.4, -0.2) is 45.3 Å². The minimum absolute atomic E-state index is 0.361. The molecule has 0 saturated carbocycles. The lowest BCUT2D eigenvalue weighted by Crippen LogP contribution is -2.20. The van der Waals surface area contributed by atoms with Gasteiger partial charge in [-0.05, 0) is 55.8 Å². The fraction of sp³-hybridized carbons (Fsp3) is 0.116. The summed E-state index contributed by atoms with van der Waals surface area (Å²) in [6.07, 6.45) is 0. The Hall–Kier alpha value is -6.25. The van der Waals surface area contributed by atoms with Crippen molar-refractivity contribution >= 4 is 34.9 Å². The summed E-state index contributed by atoms with van der Waals surface area (Å²) in [5.74, 6) is 2.65. The summed E-state index contributed by atoms with van der Waals surface area (Å²) in [6.45, 7) is 4.11. The van der Waals surface area contributed by atoms with Gasteiger partial charge in [-0.25, -0.2) is 9.36 Å². The average Bonchev–Trinajstić information content (AvgIpc) is 3.69. The van der Waals surface area contributed by atoms with Crippen LogP contribution in [0.1, 0.15) is 45.1 Å². The van der Waals surface area contributed by atoms with Crippen LogP contribution < -0.4 is 10.6 Å². The molecule has 0 saturated heterocycles. The second-order valence-electron chi connectivity index (χ2n) is 12.3. The van der Waals surface area contributed by atoms with Crippen molar-refractivity contribution in [1.29, 1.82) is 0 Å². The van der Waals surface area contributed by atoms with Gasteiger partial charge in [-0.2, -0.15) is 10.2 Å². The van der Waals surface area contributed by atoms with Crippen molar-refractivity contribution in [3.8, 4) is 11.4 Å². The van der Waals surface area contributed by atoms with Crippen molar-refractivity contribution < 1.29 is 0 Å². The first-order valence-electron chi connectivity index (χ1n) is 17.1. The van der Waals surface area contributed by atoms with Gasteiger partial charge in [-0.15, -0.1) is 0 Å². The van der Waals surface area contributed by atoms with E-state index in [1.807, 2.05) is 119 Å². The zero-order chi connectivity index (χ0) is 36.0. The third kappa shape index (κ3) is 6.89. The molecule has 0 aliphatic rings. The van der Waals surface area contributed by atoms with Gasteiger partial charge in [0.15, 0.2) is 0 Å². The van der Waals surface area contributed by atoms with E-state index >= 15 is 0 Å². The minimum atomic E-state index is -0.361. The SMILES string of the molecule is CN=C(Nc1c(C(c2ccc(Cl)cc2)c2c(C)nn(-c3ccccc3)c2NC(=NC)c2ccccc2)c(C)nn1-c1ccccc1)c1ccccc1. The van der Waals surface area contributed by atoms with Crippen LogP contribution in [0, 0.1) is 13.8 Å². The summed E-state index contributed by atoms with van der Waals surface area (Å²) in [5, 5.41) is 18.5. The molecule has 2 N–H and O–H groups in total. The average molecular weight is 703 g/mol. The van der Waals surface area contributed by atoms with Crippen LogP contribution in [0.2, 0.25) is 5.02 Å². The maximum Gasteiger partial charge on any atom is 0.139 e. The Balaban J connectivity index is 1.52. The third-order valence-corrected chi connectivity index (χ3v) is 9.26. The fourth-order valence-electron chi connectivity index (χ4n) is 6.59. The molecule has 7 rings (SSSR count). The summed E-state index contributed by atoms with van der Waals surface area (Å²) < 4.78 is 3.93. The number of aliphatic imine (C=N–C) groups is 2. The summed E-state index contributed by atoms with van der Waals surface area (Å²) >= 11 is 6.52. The molecule has 0 aliphatic carbocycles. The number of hydrogen-bond acceptors (Lipinski definition) is 4. The molecule has 0 fully saturated rings. The number of nitrogens with one attached hydrogen (secondary N) is 2. The van der Waals surface area contributed by atoms with E-state index in [0.29, 0.717) is 16.7 Å². The van der Waals surface area contributed by atoms with Gasteiger partial charge in [0.25, 0.3) is 0 Å². The molecule has 0 unspecified atom stereocenters. The maximum atomic E-state index is 6.52. The summed E-state index contributed by atoms with van der Waals surface area (Å²) in [7, 11) is 3.60. The van der Waals surface area contributed by atoms with Crippen molar-refractivity contribution in [2.24, 2.45) is 9.98 Å². The van der Waals surface area contributed by atoms with E-state index in [9.17, 15) is 0 Å². The number of rotatable bonds is 9. The van der Waals surface area contributed by atoms with Gasteiger partial charge < -0.3 is 10.6 Å². The van der Waals surface area contributed by atoms with Crippen LogP contribution in [0.4, 0.5) is 11.6 Å². The van der Waals surface area contributed by atoms with Gasteiger partial charge in [0.1, 0.15) is 23.3 Å². The first kappa shape index (κ1) is 34.2. The van der Waals surface area contributed by atoms with Crippen LogP contribution in [0.25, 0.3) is 11.4 Å². The van der Waals surface area contributed by atoms with E-state index in [2.05, 4.69) is 60.9 Å². The highest BCUT2D eigenvalue weighted by molar-refractivity contribution is 6.30. The zero-order valence-corrected chi connectivity index (χ0v) is 30.3. The van der Waals surface area contributed by atoms with Crippen molar-refractivity contribution in [2.75, 3.05) is 24.7 Å². The Morgan fingerprint density at radius 1 is 0.538 bits per heavy atom. The number of anilines is 2. The Bertz CT molecular complexity index is 2180. The lowest BCUT2D eigenvalue weighted by molar-refractivity contribution is 0.870. The van der Waals surface area contributed by atoms with Gasteiger partial charge in [0.05, 0.1) is 22.8 Å². The molecule has 7 aromatic rings. The first-order chi connectivity index (χ1) is 25.5. The Labute approximate surface area is 309 Å². The lowest BCUT2D eigenvalue weighted by atomic mass is 9.84. The molecule has 5 aromatic carbocycles. The number of halogens is 1. The monoisotopic (exact) mass is 702 g/mol. The normalized spacial score (nSPS) is 12.5. The number of nitrogens with zero attached hydrogens (tertiary/aromatic N) is 6. The number of amidine groups is 2. The highest BCUT2D eigenvalue weighted by Crippen LogP contribution is 2.44. The molecule has 0 amide bonds. The first-order valence-corrected chi connectivity index (χ1v) is 17.5. The minimum Gasteiger partial charge on any atom is -0.324 e. The summed E-state index contributed by atoms with van der Waals surface area (Å²) in [5.41, 5.74) is 8.40. The molecule has 2 aromatic heterocycles. The number of aromatic nitrogens is 4. The Morgan fingerprint density at radius 2 is 0.904 bits per heavy atom. The van der Waals surface area contributed by atoms with Gasteiger partial charge in [0, 0.05) is 47.3 Å². The van der Waals surface area contributed by atoms with Gasteiger partial charge >= 0.3 is 0 Å². The molecule has 9 heteroatoms. The van der Waals surface area contributed by atoms with Crippen molar-refractivity contribution in [1.82, 2.24) is 19.6 Å². The lowest BCUT2D eigenvalue weighted by Gasteiger charge is -2.23. The zero-order valence-electron chi connectivity index (χ0n) is 29.5. The number of hydrogen-bond donors (Lipinski definition) is 2. The summed E-state index contributed by atoms with van der Waals surface area (Å²) in [4.78, 5) is 9.44. The largest absolute Gasteiger partial charge is 0.324 e. The van der Waals surface area contributed by atoms with Crippen molar-refractivity contribution in [3.05, 3.63) is 190 Å². The standard InChI is InChI=1S/C43H39ClN8/c1-29-37(42(51(49-29)35-21-13-7-14-22-35)47-40(45-3)32-17-9-5-10-18-32)39(31-25-27-34(44)28-26-31)38-30(2)50-52(36-23-15-8-16-24-36)43(38)48-41(46-4)33-19-11-6-12-20-33/h5-28,39H,1-4H3,(H,45,47)(H,46,48). The van der Waals surface area contributed by atoms with E-state index < -0.39 is 0 Å². The molecule has 258 valence electrons. The Kier molecular flexibility index (Phi) is 10.1. The maximum absolute atomic E-state index is 6.52. The molecule has 0 aliphatic heterocycles. The Morgan fingerprint density at radius 3 is 1.27 bits per heavy atom. The topological polar surface area (TPSA) is 84.4 Å². The van der Waals surface area contributed by atoms with Crippen LogP contribution >= 0.6 is 11.6 Å². The molecule has 0 spiro atoms.